The smallest absolute Gasteiger partial charge is 0.255 e. The standard InChI is InChI=1S/C13H10ClF2N3O/c1-6-2-7(3-11(17)18-6)13(20)19-12-9(14)4-8(15)5-10(12)16/h2-5H,1H3,(H2,17,18)(H,19,20). The molecule has 0 spiro atoms. The highest BCUT2D eigenvalue weighted by molar-refractivity contribution is 6.34. The Balaban J connectivity index is 2.32. The molecule has 2 aromatic rings. The SMILES string of the molecule is Cc1cc(C(=O)Nc2c(F)cc(F)cc2Cl)cc(N)n1. The van der Waals surface area contributed by atoms with Crippen LogP contribution in [0.1, 0.15) is 16.1 Å². The van der Waals surface area contributed by atoms with Gasteiger partial charge < -0.3 is 11.1 Å². The molecule has 0 unspecified atom stereocenters. The molecule has 20 heavy (non-hydrogen) atoms. The molecule has 104 valence electrons. The van der Waals surface area contributed by atoms with E-state index in [1.165, 1.54) is 12.1 Å². The van der Waals surface area contributed by atoms with Crippen LogP contribution >= 0.6 is 11.6 Å². The van der Waals surface area contributed by atoms with Crippen LogP contribution in [0.3, 0.4) is 0 Å². The minimum atomic E-state index is -0.956. The molecule has 3 N–H and O–H groups in total. The summed E-state index contributed by atoms with van der Waals surface area (Å²) < 4.78 is 26.5. The number of amides is 1. The topological polar surface area (TPSA) is 68.0 Å². The highest BCUT2D eigenvalue weighted by Gasteiger charge is 2.15. The second-order valence-electron chi connectivity index (χ2n) is 4.12. The maximum atomic E-state index is 13.6. The van der Waals surface area contributed by atoms with Crippen LogP contribution in [0.5, 0.6) is 0 Å². The molecule has 0 aliphatic carbocycles. The first-order valence-electron chi connectivity index (χ1n) is 5.57. The second kappa shape index (κ2) is 5.42. The number of halogens is 3. The Kier molecular flexibility index (Phi) is 3.85. The van der Waals surface area contributed by atoms with Crippen molar-refractivity contribution in [3.63, 3.8) is 0 Å². The number of anilines is 2. The van der Waals surface area contributed by atoms with Gasteiger partial charge in [0, 0.05) is 17.3 Å². The molecular weight excluding hydrogens is 288 g/mol. The van der Waals surface area contributed by atoms with Crippen molar-refractivity contribution >= 4 is 29.0 Å². The molecule has 0 atom stereocenters. The van der Waals surface area contributed by atoms with Gasteiger partial charge in [0.25, 0.3) is 5.91 Å². The van der Waals surface area contributed by atoms with Crippen LogP contribution in [-0.4, -0.2) is 10.9 Å². The van der Waals surface area contributed by atoms with Crippen molar-refractivity contribution < 1.29 is 13.6 Å². The lowest BCUT2D eigenvalue weighted by Crippen LogP contribution is -2.14. The molecule has 1 heterocycles. The van der Waals surface area contributed by atoms with E-state index in [4.69, 9.17) is 17.3 Å². The monoisotopic (exact) mass is 297 g/mol. The normalized spacial score (nSPS) is 10.4. The van der Waals surface area contributed by atoms with Gasteiger partial charge >= 0.3 is 0 Å². The van der Waals surface area contributed by atoms with Gasteiger partial charge in [-0.1, -0.05) is 11.6 Å². The van der Waals surface area contributed by atoms with E-state index in [1.54, 1.807) is 6.92 Å². The molecule has 4 nitrogen and oxygen atoms in total. The molecule has 2 rings (SSSR count). The predicted octanol–water partition coefficient (Wildman–Crippen LogP) is 3.16. The number of hydrogen-bond donors (Lipinski definition) is 2. The Morgan fingerprint density at radius 3 is 2.60 bits per heavy atom. The maximum absolute atomic E-state index is 13.6. The maximum Gasteiger partial charge on any atom is 0.255 e. The quantitative estimate of drug-likeness (QED) is 0.894. The summed E-state index contributed by atoms with van der Waals surface area (Å²) in [6.45, 7) is 1.67. The van der Waals surface area contributed by atoms with Gasteiger partial charge in [0.05, 0.1) is 10.7 Å². The van der Waals surface area contributed by atoms with Crippen molar-refractivity contribution in [1.82, 2.24) is 4.98 Å². The third-order valence-electron chi connectivity index (χ3n) is 2.48. The summed E-state index contributed by atoms with van der Waals surface area (Å²) in [4.78, 5) is 15.9. The highest BCUT2D eigenvalue weighted by Crippen LogP contribution is 2.27. The van der Waals surface area contributed by atoms with Gasteiger partial charge in [-0.15, -0.1) is 0 Å². The van der Waals surface area contributed by atoms with E-state index in [0.717, 1.165) is 6.07 Å². The van der Waals surface area contributed by atoms with Crippen molar-refractivity contribution in [3.05, 3.63) is 52.2 Å². The van der Waals surface area contributed by atoms with Crippen LogP contribution in [0, 0.1) is 18.6 Å². The number of pyridine rings is 1. The molecule has 0 saturated carbocycles. The molecule has 0 aliphatic rings. The summed E-state index contributed by atoms with van der Waals surface area (Å²) in [6, 6.07) is 4.37. The van der Waals surface area contributed by atoms with Crippen molar-refractivity contribution in [3.8, 4) is 0 Å². The van der Waals surface area contributed by atoms with Gasteiger partial charge in [-0.25, -0.2) is 13.8 Å². The van der Waals surface area contributed by atoms with Crippen LogP contribution in [0.15, 0.2) is 24.3 Å². The Bertz CT molecular complexity index is 648. The molecular formula is C13H10ClF2N3O. The van der Waals surface area contributed by atoms with E-state index in [9.17, 15) is 13.6 Å². The van der Waals surface area contributed by atoms with Crippen LogP contribution < -0.4 is 11.1 Å². The summed E-state index contributed by atoms with van der Waals surface area (Å²) in [5.41, 5.74) is 5.99. The molecule has 0 saturated heterocycles. The minimum absolute atomic E-state index is 0.167. The average molecular weight is 298 g/mol. The molecule has 0 bridgehead atoms. The second-order valence-corrected chi connectivity index (χ2v) is 4.53. The first kappa shape index (κ1) is 14.2. The third kappa shape index (κ3) is 3.03. The number of aromatic nitrogens is 1. The Morgan fingerprint density at radius 2 is 2.00 bits per heavy atom. The fourth-order valence-electron chi connectivity index (χ4n) is 1.67. The Morgan fingerprint density at radius 1 is 1.30 bits per heavy atom. The van der Waals surface area contributed by atoms with Gasteiger partial charge in [0.2, 0.25) is 0 Å². The van der Waals surface area contributed by atoms with E-state index in [-0.39, 0.29) is 22.1 Å². The summed E-state index contributed by atoms with van der Waals surface area (Å²) in [5.74, 6) is -2.23. The number of aryl methyl sites for hydroxylation is 1. The van der Waals surface area contributed by atoms with Crippen LogP contribution in [0.4, 0.5) is 20.3 Å². The lowest BCUT2D eigenvalue weighted by Gasteiger charge is -2.09. The lowest BCUT2D eigenvalue weighted by molar-refractivity contribution is 0.102. The molecule has 0 radical (unpaired) electrons. The third-order valence-corrected chi connectivity index (χ3v) is 2.78. The van der Waals surface area contributed by atoms with Crippen LogP contribution in [-0.2, 0) is 0 Å². The number of nitrogens with two attached hydrogens (primary N) is 1. The molecule has 1 aromatic heterocycles. The van der Waals surface area contributed by atoms with Gasteiger partial charge in [-0.05, 0) is 25.1 Å². The van der Waals surface area contributed by atoms with Crippen LogP contribution in [0.25, 0.3) is 0 Å². The van der Waals surface area contributed by atoms with Gasteiger partial charge in [0.15, 0.2) is 5.82 Å². The number of carbonyl (C=O) groups is 1. The zero-order valence-corrected chi connectivity index (χ0v) is 11.1. The molecule has 0 aliphatic heterocycles. The summed E-state index contributed by atoms with van der Waals surface area (Å²) in [7, 11) is 0. The van der Waals surface area contributed by atoms with E-state index >= 15 is 0 Å². The van der Waals surface area contributed by atoms with Crippen molar-refractivity contribution in [1.29, 1.82) is 0 Å². The number of hydrogen-bond acceptors (Lipinski definition) is 3. The zero-order valence-electron chi connectivity index (χ0n) is 10.4. The summed E-state index contributed by atoms with van der Waals surface area (Å²) in [5, 5.41) is 2.05. The first-order chi connectivity index (χ1) is 9.36. The number of nitrogens with zero attached hydrogens (tertiary/aromatic N) is 1. The minimum Gasteiger partial charge on any atom is -0.384 e. The van der Waals surface area contributed by atoms with E-state index < -0.39 is 17.5 Å². The summed E-state index contributed by atoms with van der Waals surface area (Å²) in [6.07, 6.45) is 0. The molecule has 1 aromatic carbocycles. The lowest BCUT2D eigenvalue weighted by atomic mass is 10.2. The average Bonchev–Trinajstić information content (AvgIpc) is 2.32. The van der Waals surface area contributed by atoms with E-state index in [2.05, 4.69) is 10.3 Å². The van der Waals surface area contributed by atoms with Crippen LogP contribution in [0.2, 0.25) is 5.02 Å². The Hall–Kier alpha value is -2.21. The number of benzene rings is 1. The van der Waals surface area contributed by atoms with Gasteiger partial charge in [-0.2, -0.15) is 0 Å². The first-order valence-corrected chi connectivity index (χ1v) is 5.94. The number of carbonyl (C=O) groups excluding carboxylic acids is 1. The van der Waals surface area contributed by atoms with Gasteiger partial charge in [0.1, 0.15) is 11.6 Å². The number of rotatable bonds is 2. The molecule has 1 amide bonds. The molecule has 0 fully saturated rings. The van der Waals surface area contributed by atoms with Crippen molar-refractivity contribution in [2.45, 2.75) is 6.92 Å². The number of nitrogens with one attached hydrogen (secondary N) is 1. The van der Waals surface area contributed by atoms with Gasteiger partial charge in [-0.3, -0.25) is 4.79 Å². The highest BCUT2D eigenvalue weighted by atomic mass is 35.5. The number of nitrogen functional groups attached to an aromatic ring is 1. The fourth-order valence-corrected chi connectivity index (χ4v) is 1.91. The van der Waals surface area contributed by atoms with Crippen molar-refractivity contribution in [2.75, 3.05) is 11.1 Å². The van der Waals surface area contributed by atoms with E-state index in [1.807, 2.05) is 0 Å². The Labute approximate surface area is 118 Å². The molecule has 7 heteroatoms. The largest absolute Gasteiger partial charge is 0.384 e. The van der Waals surface area contributed by atoms with E-state index in [0.29, 0.717) is 11.8 Å². The zero-order chi connectivity index (χ0) is 14.9. The predicted molar refractivity (Wildman–Crippen MR) is 72.7 cm³/mol. The fraction of sp³-hybridized carbons (Fsp3) is 0.0769. The van der Waals surface area contributed by atoms with Crippen molar-refractivity contribution in [2.24, 2.45) is 0 Å². The summed E-state index contributed by atoms with van der Waals surface area (Å²) >= 11 is 5.70.